The van der Waals surface area contributed by atoms with Gasteiger partial charge < -0.3 is 9.47 Å². The number of ether oxygens (including phenoxy) is 2. The molecule has 0 saturated heterocycles. The fourth-order valence-electron chi connectivity index (χ4n) is 1.13. The molecule has 0 N–H and O–H groups in total. The second kappa shape index (κ2) is 6.80. The Morgan fingerprint density at radius 2 is 2.13 bits per heavy atom. The Morgan fingerprint density at radius 1 is 1.33 bits per heavy atom. The van der Waals surface area contributed by atoms with Crippen molar-refractivity contribution in [2.45, 2.75) is 11.8 Å². The minimum atomic E-state index is -0.322. The molecule has 0 aromatic heterocycles. The maximum Gasteiger partial charge on any atom is 0.165 e. The van der Waals surface area contributed by atoms with Crippen LogP contribution in [0.15, 0.2) is 18.2 Å². The van der Waals surface area contributed by atoms with Crippen LogP contribution in [0.5, 0.6) is 5.75 Å². The molecule has 0 amide bonds. The third-order valence-corrected chi connectivity index (χ3v) is 2.55. The highest BCUT2D eigenvalue weighted by atomic mass is 79.9. The van der Waals surface area contributed by atoms with Gasteiger partial charge in [-0.15, -0.1) is 0 Å². The molecule has 2 nitrogen and oxygen atoms in total. The first kappa shape index (κ1) is 12.5. The van der Waals surface area contributed by atoms with Crippen molar-refractivity contribution in [3.05, 3.63) is 29.6 Å². The minimum absolute atomic E-state index is 0.308. The van der Waals surface area contributed by atoms with E-state index >= 15 is 0 Å². The highest BCUT2D eigenvalue weighted by molar-refractivity contribution is 9.08. The van der Waals surface area contributed by atoms with Crippen LogP contribution in [0.2, 0.25) is 0 Å². The summed E-state index contributed by atoms with van der Waals surface area (Å²) in [6.45, 7) is 1.09. The Bertz CT molecular complexity index is 305. The van der Waals surface area contributed by atoms with Gasteiger partial charge >= 0.3 is 0 Å². The summed E-state index contributed by atoms with van der Waals surface area (Å²) in [7, 11) is 1.63. The van der Waals surface area contributed by atoms with Crippen molar-refractivity contribution in [3.8, 4) is 5.75 Å². The van der Waals surface area contributed by atoms with Crippen molar-refractivity contribution in [1.29, 1.82) is 0 Å². The molecule has 4 heteroatoms. The topological polar surface area (TPSA) is 18.5 Å². The summed E-state index contributed by atoms with van der Waals surface area (Å²) in [5.41, 5.74) is 0.998. The molecular weight excluding hydrogens is 263 g/mol. The maximum atomic E-state index is 13.2. The molecule has 0 bridgehead atoms. The van der Waals surface area contributed by atoms with Crippen LogP contribution in [0.25, 0.3) is 0 Å². The van der Waals surface area contributed by atoms with Gasteiger partial charge in [0.1, 0.15) is 0 Å². The summed E-state index contributed by atoms with van der Waals surface area (Å²) in [6.07, 6.45) is 0.758. The summed E-state index contributed by atoms with van der Waals surface area (Å²) in [6, 6.07) is 4.85. The van der Waals surface area contributed by atoms with E-state index in [1.807, 2.05) is 0 Å². The molecule has 0 radical (unpaired) electrons. The van der Waals surface area contributed by atoms with Gasteiger partial charge in [-0.3, -0.25) is 0 Å². The van der Waals surface area contributed by atoms with Gasteiger partial charge in [0.2, 0.25) is 0 Å². The average Bonchev–Trinajstić information content (AvgIpc) is 2.26. The number of alkyl halides is 1. The van der Waals surface area contributed by atoms with Gasteiger partial charge in [-0.1, -0.05) is 22.0 Å². The normalized spacial score (nSPS) is 10.3. The van der Waals surface area contributed by atoms with Crippen molar-refractivity contribution in [3.63, 3.8) is 0 Å². The Morgan fingerprint density at radius 3 is 2.80 bits per heavy atom. The highest BCUT2D eigenvalue weighted by Crippen LogP contribution is 2.20. The Kier molecular flexibility index (Phi) is 5.65. The highest BCUT2D eigenvalue weighted by Gasteiger charge is 2.03. The van der Waals surface area contributed by atoms with Crippen LogP contribution in [0.4, 0.5) is 4.39 Å². The van der Waals surface area contributed by atoms with Crippen LogP contribution in [0, 0.1) is 5.82 Å². The Balaban J connectivity index is 2.51. The average molecular weight is 277 g/mol. The molecule has 0 aliphatic carbocycles. The lowest BCUT2D eigenvalue weighted by atomic mass is 10.2. The molecule has 0 saturated carbocycles. The molecule has 0 spiro atoms. The number of rotatable bonds is 6. The molecule has 0 aliphatic heterocycles. The molecular formula is C11H14BrFO2. The lowest BCUT2D eigenvalue weighted by Gasteiger charge is -2.07. The number of halogens is 2. The number of methoxy groups -OCH3 is 1. The summed E-state index contributed by atoms with van der Waals surface area (Å²) in [5, 5.41) is 0.696. The predicted molar refractivity (Wildman–Crippen MR) is 61.0 cm³/mol. The monoisotopic (exact) mass is 276 g/mol. The lowest BCUT2D eigenvalue weighted by molar-refractivity contribution is 0.170. The zero-order chi connectivity index (χ0) is 11.1. The van der Waals surface area contributed by atoms with E-state index in [0.717, 1.165) is 12.0 Å². The molecule has 0 fully saturated rings. The van der Waals surface area contributed by atoms with E-state index < -0.39 is 0 Å². The summed E-state index contributed by atoms with van der Waals surface area (Å²) >= 11 is 3.31. The number of benzene rings is 1. The molecule has 0 heterocycles. The van der Waals surface area contributed by atoms with Gasteiger partial charge in [-0.25, -0.2) is 4.39 Å². The minimum Gasteiger partial charge on any atom is -0.490 e. The van der Waals surface area contributed by atoms with Gasteiger partial charge in [0.15, 0.2) is 11.6 Å². The van der Waals surface area contributed by atoms with Crippen LogP contribution in [0.1, 0.15) is 12.0 Å². The van der Waals surface area contributed by atoms with E-state index in [4.69, 9.17) is 9.47 Å². The van der Waals surface area contributed by atoms with E-state index in [0.29, 0.717) is 24.3 Å². The summed E-state index contributed by atoms with van der Waals surface area (Å²) in [4.78, 5) is 0. The van der Waals surface area contributed by atoms with Crippen molar-refractivity contribution >= 4 is 15.9 Å². The smallest absolute Gasteiger partial charge is 0.165 e. The standard InChI is InChI=1S/C11H14BrFO2/c1-14-5-2-6-15-11-7-9(8-12)3-4-10(11)13/h3-4,7H,2,5-6,8H2,1H3. The Hall–Kier alpha value is -0.610. The van der Waals surface area contributed by atoms with Crippen molar-refractivity contribution in [2.75, 3.05) is 20.3 Å². The predicted octanol–water partition coefficient (Wildman–Crippen LogP) is 3.14. The molecule has 1 rings (SSSR count). The van der Waals surface area contributed by atoms with E-state index in [1.165, 1.54) is 6.07 Å². The van der Waals surface area contributed by atoms with Crippen LogP contribution in [-0.4, -0.2) is 20.3 Å². The molecule has 15 heavy (non-hydrogen) atoms. The SMILES string of the molecule is COCCCOc1cc(CBr)ccc1F. The van der Waals surface area contributed by atoms with Crippen LogP contribution < -0.4 is 4.74 Å². The molecule has 0 unspecified atom stereocenters. The van der Waals surface area contributed by atoms with Gasteiger partial charge in [0, 0.05) is 25.5 Å². The number of hydrogen-bond donors (Lipinski definition) is 0. The lowest BCUT2D eigenvalue weighted by Crippen LogP contribution is -2.02. The van der Waals surface area contributed by atoms with E-state index in [1.54, 1.807) is 19.2 Å². The quantitative estimate of drug-likeness (QED) is 0.587. The first-order chi connectivity index (χ1) is 7.27. The van der Waals surface area contributed by atoms with E-state index in [9.17, 15) is 4.39 Å². The van der Waals surface area contributed by atoms with Crippen molar-refractivity contribution < 1.29 is 13.9 Å². The zero-order valence-corrected chi connectivity index (χ0v) is 10.2. The first-order valence-corrected chi connectivity index (χ1v) is 5.86. The second-order valence-corrected chi connectivity index (χ2v) is 3.65. The van der Waals surface area contributed by atoms with Gasteiger partial charge in [0.05, 0.1) is 6.61 Å². The third-order valence-electron chi connectivity index (χ3n) is 1.90. The van der Waals surface area contributed by atoms with E-state index in [-0.39, 0.29) is 5.82 Å². The maximum absolute atomic E-state index is 13.2. The fraction of sp³-hybridized carbons (Fsp3) is 0.455. The largest absolute Gasteiger partial charge is 0.490 e. The fourth-order valence-corrected chi connectivity index (χ4v) is 1.48. The molecule has 1 aromatic rings. The van der Waals surface area contributed by atoms with E-state index in [2.05, 4.69) is 15.9 Å². The van der Waals surface area contributed by atoms with Crippen molar-refractivity contribution in [2.24, 2.45) is 0 Å². The van der Waals surface area contributed by atoms with Gasteiger partial charge in [0.25, 0.3) is 0 Å². The summed E-state index contributed by atoms with van der Waals surface area (Å²) < 4.78 is 23.4. The van der Waals surface area contributed by atoms with Crippen molar-refractivity contribution in [1.82, 2.24) is 0 Å². The summed E-state index contributed by atoms with van der Waals surface area (Å²) in [5.74, 6) is -0.0137. The Labute approximate surface area is 97.5 Å². The molecule has 0 atom stereocenters. The van der Waals surface area contributed by atoms with Crippen LogP contribution in [-0.2, 0) is 10.1 Å². The van der Waals surface area contributed by atoms with Gasteiger partial charge in [-0.05, 0) is 17.7 Å². The van der Waals surface area contributed by atoms with Crippen LogP contribution in [0.3, 0.4) is 0 Å². The van der Waals surface area contributed by atoms with Crippen LogP contribution >= 0.6 is 15.9 Å². The zero-order valence-electron chi connectivity index (χ0n) is 8.63. The third kappa shape index (κ3) is 4.18. The number of hydrogen-bond acceptors (Lipinski definition) is 2. The molecule has 0 aliphatic rings. The molecule has 84 valence electrons. The van der Waals surface area contributed by atoms with Gasteiger partial charge in [-0.2, -0.15) is 0 Å². The first-order valence-electron chi connectivity index (χ1n) is 4.74. The molecule has 1 aromatic carbocycles. The second-order valence-electron chi connectivity index (χ2n) is 3.09.